The lowest BCUT2D eigenvalue weighted by molar-refractivity contribution is 0.489. The summed E-state index contributed by atoms with van der Waals surface area (Å²) in [5.41, 5.74) is 2.51. The highest BCUT2D eigenvalue weighted by atomic mass is 32.2. The van der Waals surface area contributed by atoms with Crippen molar-refractivity contribution in [1.82, 2.24) is 9.97 Å². The zero-order valence-corrected chi connectivity index (χ0v) is 12.6. The predicted octanol–water partition coefficient (Wildman–Crippen LogP) is 4.68. The Morgan fingerprint density at radius 3 is 2.77 bits per heavy atom. The van der Waals surface area contributed by atoms with E-state index in [9.17, 15) is 0 Å². The number of furan rings is 1. The second-order valence-corrected chi connectivity index (χ2v) is 5.66. The van der Waals surface area contributed by atoms with Gasteiger partial charge in [0.25, 0.3) is 11.1 Å². The highest BCUT2D eigenvalue weighted by Crippen LogP contribution is 2.29. The van der Waals surface area contributed by atoms with Gasteiger partial charge in [-0.25, -0.2) is 9.97 Å². The molecule has 0 aliphatic carbocycles. The van der Waals surface area contributed by atoms with Gasteiger partial charge in [-0.15, -0.1) is 0 Å². The van der Waals surface area contributed by atoms with Gasteiger partial charge >= 0.3 is 0 Å². The van der Waals surface area contributed by atoms with Gasteiger partial charge in [0, 0.05) is 5.75 Å². The number of oxazole rings is 2. The molecule has 22 heavy (non-hydrogen) atoms. The van der Waals surface area contributed by atoms with E-state index >= 15 is 0 Å². The monoisotopic (exact) mass is 312 g/mol. The van der Waals surface area contributed by atoms with E-state index in [1.807, 2.05) is 43.3 Å². The number of hydrogen-bond donors (Lipinski definition) is 0. The van der Waals surface area contributed by atoms with Crippen molar-refractivity contribution in [2.75, 3.05) is 0 Å². The number of aryl methyl sites for hydroxylation is 1. The smallest absolute Gasteiger partial charge is 0.263 e. The van der Waals surface area contributed by atoms with Crippen LogP contribution in [-0.4, -0.2) is 9.97 Å². The van der Waals surface area contributed by atoms with Gasteiger partial charge in [0.05, 0.1) is 12.0 Å². The van der Waals surface area contributed by atoms with Crippen molar-refractivity contribution in [3.8, 4) is 11.7 Å². The van der Waals surface area contributed by atoms with Crippen LogP contribution in [0.5, 0.6) is 0 Å². The van der Waals surface area contributed by atoms with Crippen LogP contribution in [-0.2, 0) is 5.75 Å². The molecule has 0 saturated carbocycles. The Balaban J connectivity index is 1.54. The molecule has 1 aromatic carbocycles. The predicted molar refractivity (Wildman–Crippen MR) is 82.5 cm³/mol. The summed E-state index contributed by atoms with van der Waals surface area (Å²) < 4.78 is 16.6. The normalized spacial score (nSPS) is 11.3. The number of rotatable bonds is 4. The summed E-state index contributed by atoms with van der Waals surface area (Å²) in [5, 5.41) is 0.628. The molecule has 0 atom stereocenters. The van der Waals surface area contributed by atoms with Crippen molar-refractivity contribution in [2.24, 2.45) is 0 Å². The number of nitrogens with zero attached hydrogens (tertiary/aromatic N) is 2. The van der Waals surface area contributed by atoms with Crippen LogP contribution >= 0.6 is 11.8 Å². The third-order valence-electron chi connectivity index (χ3n) is 3.23. The number of aromatic nitrogens is 2. The van der Waals surface area contributed by atoms with E-state index in [1.165, 1.54) is 11.8 Å². The maximum Gasteiger partial charge on any atom is 0.263 e. The molecule has 0 amide bonds. The van der Waals surface area contributed by atoms with Crippen LogP contribution in [0, 0.1) is 6.92 Å². The Bertz CT molecular complexity index is 876. The van der Waals surface area contributed by atoms with Crippen LogP contribution in [0.25, 0.3) is 22.8 Å². The topological polar surface area (TPSA) is 65.2 Å². The summed E-state index contributed by atoms with van der Waals surface area (Å²) in [6.07, 6.45) is 1.60. The van der Waals surface area contributed by atoms with E-state index in [4.69, 9.17) is 13.3 Å². The first kappa shape index (κ1) is 13.2. The van der Waals surface area contributed by atoms with Gasteiger partial charge in [-0.3, -0.25) is 0 Å². The molecule has 6 heteroatoms. The third kappa shape index (κ3) is 2.42. The van der Waals surface area contributed by atoms with E-state index in [0.717, 1.165) is 22.6 Å². The van der Waals surface area contributed by atoms with Crippen LogP contribution in [0.1, 0.15) is 11.5 Å². The summed E-state index contributed by atoms with van der Waals surface area (Å²) >= 11 is 1.49. The highest BCUT2D eigenvalue weighted by Gasteiger charge is 2.15. The van der Waals surface area contributed by atoms with Gasteiger partial charge in [0.2, 0.25) is 0 Å². The zero-order valence-electron chi connectivity index (χ0n) is 11.8. The van der Waals surface area contributed by atoms with Crippen molar-refractivity contribution in [3.63, 3.8) is 0 Å². The minimum absolute atomic E-state index is 0.496. The minimum atomic E-state index is 0.496. The van der Waals surface area contributed by atoms with E-state index in [2.05, 4.69) is 9.97 Å². The Hall–Kier alpha value is -2.47. The van der Waals surface area contributed by atoms with Crippen LogP contribution in [0.15, 0.2) is 61.1 Å². The summed E-state index contributed by atoms with van der Waals surface area (Å²) in [7, 11) is 0. The second-order valence-electron chi connectivity index (χ2n) is 4.74. The van der Waals surface area contributed by atoms with Crippen molar-refractivity contribution in [3.05, 3.63) is 54.1 Å². The first-order valence-electron chi connectivity index (χ1n) is 6.78. The summed E-state index contributed by atoms with van der Waals surface area (Å²) in [6.45, 7) is 1.89. The maximum atomic E-state index is 5.68. The average molecular weight is 312 g/mol. The van der Waals surface area contributed by atoms with Crippen molar-refractivity contribution in [2.45, 2.75) is 17.9 Å². The second kappa shape index (κ2) is 5.38. The lowest BCUT2D eigenvalue weighted by Crippen LogP contribution is -1.84. The first-order chi connectivity index (χ1) is 10.8. The van der Waals surface area contributed by atoms with Gasteiger partial charge in [-0.2, -0.15) is 0 Å². The number of benzene rings is 1. The van der Waals surface area contributed by atoms with Crippen LogP contribution < -0.4 is 0 Å². The molecule has 4 rings (SSSR count). The van der Waals surface area contributed by atoms with E-state index in [0.29, 0.717) is 22.6 Å². The van der Waals surface area contributed by atoms with Gasteiger partial charge in [0.15, 0.2) is 11.3 Å². The number of fused-ring (bicyclic) bond motifs is 1. The molecule has 0 unspecified atom stereocenters. The molecule has 4 aromatic rings. The van der Waals surface area contributed by atoms with E-state index < -0.39 is 0 Å². The Morgan fingerprint density at radius 1 is 1.05 bits per heavy atom. The summed E-state index contributed by atoms with van der Waals surface area (Å²) in [6, 6.07) is 11.3. The SMILES string of the molecule is Cc1oc(-c2ccco2)nc1CSc1nc2ccccc2o1. The molecular formula is C16H12N2O3S. The van der Waals surface area contributed by atoms with Crippen LogP contribution in [0.3, 0.4) is 0 Å². The standard InChI is InChI=1S/C16H12N2O3S/c1-10-12(17-15(20-10)14-7-4-8-19-14)9-22-16-18-11-5-2-3-6-13(11)21-16/h2-8H,9H2,1H3. The molecule has 0 radical (unpaired) electrons. The summed E-state index contributed by atoms with van der Waals surface area (Å²) in [4.78, 5) is 8.90. The van der Waals surface area contributed by atoms with Gasteiger partial charge in [0.1, 0.15) is 11.3 Å². The molecule has 5 nitrogen and oxygen atoms in total. The lowest BCUT2D eigenvalue weighted by Gasteiger charge is -1.93. The largest absolute Gasteiger partial charge is 0.459 e. The maximum absolute atomic E-state index is 5.68. The lowest BCUT2D eigenvalue weighted by atomic mass is 10.3. The highest BCUT2D eigenvalue weighted by molar-refractivity contribution is 7.98. The van der Waals surface area contributed by atoms with Gasteiger partial charge in [-0.05, 0) is 31.2 Å². The molecular weight excluding hydrogens is 300 g/mol. The molecule has 0 aliphatic heterocycles. The molecule has 0 spiro atoms. The summed E-state index contributed by atoms with van der Waals surface area (Å²) in [5.74, 6) is 2.52. The number of hydrogen-bond acceptors (Lipinski definition) is 6. The van der Waals surface area contributed by atoms with Gasteiger partial charge < -0.3 is 13.3 Å². The number of thioether (sulfide) groups is 1. The zero-order chi connectivity index (χ0) is 14.9. The van der Waals surface area contributed by atoms with Crippen molar-refractivity contribution in [1.29, 1.82) is 0 Å². The van der Waals surface area contributed by atoms with E-state index in [1.54, 1.807) is 6.26 Å². The van der Waals surface area contributed by atoms with Gasteiger partial charge in [-0.1, -0.05) is 23.9 Å². The molecule has 0 fully saturated rings. The minimum Gasteiger partial charge on any atom is -0.459 e. The molecule has 0 N–H and O–H groups in total. The fourth-order valence-corrected chi connectivity index (χ4v) is 2.95. The van der Waals surface area contributed by atoms with Crippen molar-refractivity contribution < 1.29 is 13.3 Å². The Morgan fingerprint density at radius 2 is 1.95 bits per heavy atom. The Labute approximate surface area is 130 Å². The van der Waals surface area contributed by atoms with Crippen LogP contribution in [0.4, 0.5) is 0 Å². The molecule has 3 heterocycles. The van der Waals surface area contributed by atoms with Crippen molar-refractivity contribution >= 4 is 22.9 Å². The number of para-hydroxylation sites is 2. The molecule has 110 valence electrons. The van der Waals surface area contributed by atoms with Crippen LogP contribution in [0.2, 0.25) is 0 Å². The fraction of sp³-hybridized carbons (Fsp3) is 0.125. The quantitative estimate of drug-likeness (QED) is 0.510. The first-order valence-corrected chi connectivity index (χ1v) is 7.77. The molecule has 0 saturated heterocycles. The average Bonchev–Trinajstić information content (AvgIpc) is 3.24. The molecule has 3 aromatic heterocycles. The fourth-order valence-electron chi connectivity index (χ4n) is 2.11. The third-order valence-corrected chi connectivity index (χ3v) is 4.07. The van der Waals surface area contributed by atoms with E-state index in [-0.39, 0.29) is 0 Å². The molecule has 0 aliphatic rings. The molecule has 0 bridgehead atoms. The Kier molecular flexibility index (Phi) is 3.23.